The summed E-state index contributed by atoms with van der Waals surface area (Å²) >= 11 is 7.28. The highest BCUT2D eigenvalue weighted by Gasteiger charge is 2.30. The maximum atomic E-state index is 12.9. The van der Waals surface area contributed by atoms with Gasteiger partial charge in [0.2, 0.25) is 0 Å². The first-order chi connectivity index (χ1) is 11.2. The Morgan fingerprint density at radius 2 is 1.83 bits per heavy atom. The van der Waals surface area contributed by atoms with Crippen LogP contribution in [0.25, 0.3) is 6.08 Å². The lowest BCUT2D eigenvalue weighted by Crippen LogP contribution is -2.20. The van der Waals surface area contributed by atoms with E-state index in [1.54, 1.807) is 0 Å². The molecule has 0 amide bonds. The molecule has 2 aromatic rings. The van der Waals surface area contributed by atoms with Crippen molar-refractivity contribution in [2.45, 2.75) is 4.58 Å². The molecule has 118 valence electrons. The van der Waals surface area contributed by atoms with Crippen LogP contribution in [0, 0.1) is 5.92 Å². The van der Waals surface area contributed by atoms with Crippen LogP contribution in [0.5, 0.6) is 0 Å². The Bertz CT molecular complexity index is 694. The van der Waals surface area contributed by atoms with Gasteiger partial charge in [-0.2, -0.15) is 0 Å². The fourth-order valence-electron chi connectivity index (χ4n) is 2.51. The molecule has 1 saturated heterocycles. The predicted molar refractivity (Wildman–Crippen MR) is 106 cm³/mol. The minimum Gasteiger partial charge on any atom is -0.293 e. The molecule has 0 bridgehead atoms. The molecule has 2 aromatic carbocycles. The minimum atomic E-state index is -0.0890. The average Bonchev–Trinajstić information content (AvgIpc) is 3.10. The van der Waals surface area contributed by atoms with Gasteiger partial charge in [-0.3, -0.25) is 4.79 Å². The van der Waals surface area contributed by atoms with Crippen molar-refractivity contribution in [2.75, 3.05) is 11.5 Å². The van der Waals surface area contributed by atoms with Gasteiger partial charge in [-0.1, -0.05) is 70.5 Å². The number of hydrogen-bond donors (Lipinski definition) is 0. The quantitative estimate of drug-likeness (QED) is 0.588. The van der Waals surface area contributed by atoms with Crippen LogP contribution in [0.4, 0.5) is 0 Å². The van der Waals surface area contributed by atoms with Crippen molar-refractivity contribution in [1.82, 2.24) is 0 Å². The molecule has 1 nitrogen and oxygen atoms in total. The van der Waals surface area contributed by atoms with Gasteiger partial charge in [-0.25, -0.2) is 0 Å². The molecule has 3 rings (SSSR count). The van der Waals surface area contributed by atoms with Crippen LogP contribution in [0.15, 0.2) is 65.1 Å². The molecule has 4 heteroatoms. The lowest BCUT2D eigenvalue weighted by Gasteiger charge is -2.17. The van der Waals surface area contributed by atoms with Gasteiger partial charge in [0.15, 0.2) is 5.78 Å². The molecule has 0 aliphatic carbocycles. The summed E-state index contributed by atoms with van der Waals surface area (Å²) < 4.78 is 1.36. The van der Waals surface area contributed by atoms with E-state index in [0.717, 1.165) is 27.1 Å². The highest BCUT2D eigenvalue weighted by Crippen LogP contribution is 2.39. The molecular weight excluding hydrogens is 388 g/mol. The second kappa shape index (κ2) is 8.22. The summed E-state index contributed by atoms with van der Waals surface area (Å²) in [6.07, 6.45) is 4.14. The van der Waals surface area contributed by atoms with E-state index in [9.17, 15) is 4.79 Å². The number of hydrogen-bond acceptors (Lipinski definition) is 3. The van der Waals surface area contributed by atoms with Crippen LogP contribution in [0.2, 0.25) is 0 Å². The minimum absolute atomic E-state index is 0.0890. The van der Waals surface area contributed by atoms with Crippen LogP contribution in [-0.2, 0) is 0 Å². The number of allylic oxidation sites excluding steroid dienone is 1. The van der Waals surface area contributed by atoms with Gasteiger partial charge < -0.3 is 0 Å². The van der Waals surface area contributed by atoms with E-state index in [-0.39, 0.29) is 11.7 Å². The van der Waals surface area contributed by atoms with Gasteiger partial charge in [-0.15, -0.1) is 23.5 Å². The third kappa shape index (κ3) is 4.52. The molecule has 0 spiro atoms. The third-order valence-corrected chi connectivity index (χ3v) is 7.34. The molecule has 0 radical (unpaired) electrons. The molecule has 23 heavy (non-hydrogen) atoms. The Morgan fingerprint density at radius 3 is 2.52 bits per heavy atom. The monoisotopic (exact) mass is 404 g/mol. The fourth-order valence-corrected chi connectivity index (χ4v) is 5.96. The molecule has 1 aliphatic rings. The average molecular weight is 405 g/mol. The number of ketones is 1. The number of carbonyl (C=O) groups excluding carboxylic acids is 1. The Hall–Kier alpha value is -0.970. The number of thioether (sulfide) groups is 2. The lowest BCUT2D eigenvalue weighted by molar-refractivity contribution is 0.0952. The van der Waals surface area contributed by atoms with Gasteiger partial charge in [0, 0.05) is 21.5 Å². The second-order valence-corrected chi connectivity index (χ2v) is 8.99. The Kier molecular flexibility index (Phi) is 6.03. The van der Waals surface area contributed by atoms with E-state index in [4.69, 9.17) is 0 Å². The highest BCUT2D eigenvalue weighted by molar-refractivity contribution is 9.10. The van der Waals surface area contributed by atoms with Crippen molar-refractivity contribution >= 4 is 51.3 Å². The number of halogens is 1. The zero-order valence-corrected chi connectivity index (χ0v) is 15.7. The summed E-state index contributed by atoms with van der Waals surface area (Å²) in [6, 6.07) is 17.8. The summed E-state index contributed by atoms with van der Waals surface area (Å²) in [6.45, 7) is 0. The predicted octanol–water partition coefficient (Wildman–Crippen LogP) is 5.77. The zero-order valence-electron chi connectivity index (χ0n) is 12.5. The fraction of sp³-hybridized carbons (Fsp3) is 0.211. The highest BCUT2D eigenvalue weighted by atomic mass is 79.9. The van der Waals surface area contributed by atoms with Gasteiger partial charge >= 0.3 is 0 Å². The SMILES string of the molecule is O=C(c1ccccc1)C(/C=C/c1cccc(Br)c1)C1SCCS1. The van der Waals surface area contributed by atoms with Crippen molar-refractivity contribution in [3.05, 3.63) is 76.3 Å². The summed E-state index contributed by atoms with van der Waals surface area (Å²) in [5.74, 6) is 2.37. The van der Waals surface area contributed by atoms with Crippen molar-refractivity contribution in [3.63, 3.8) is 0 Å². The first kappa shape index (κ1) is 16.9. The summed E-state index contributed by atoms with van der Waals surface area (Å²) in [5.41, 5.74) is 1.91. The van der Waals surface area contributed by atoms with E-state index in [2.05, 4.69) is 40.2 Å². The topological polar surface area (TPSA) is 17.1 Å². The van der Waals surface area contributed by atoms with Gasteiger partial charge in [0.05, 0.1) is 10.5 Å². The van der Waals surface area contributed by atoms with Crippen molar-refractivity contribution in [1.29, 1.82) is 0 Å². The van der Waals surface area contributed by atoms with E-state index >= 15 is 0 Å². The molecule has 0 aromatic heterocycles. The summed E-state index contributed by atoms with van der Waals surface area (Å²) in [5, 5.41) is 0. The van der Waals surface area contributed by atoms with Crippen LogP contribution in [0.1, 0.15) is 15.9 Å². The number of Topliss-reactive ketones (excluding diaryl/α,β-unsaturated/α-hetero) is 1. The van der Waals surface area contributed by atoms with Gasteiger partial charge in [-0.05, 0) is 17.7 Å². The van der Waals surface area contributed by atoms with Crippen LogP contribution < -0.4 is 0 Å². The van der Waals surface area contributed by atoms with E-state index < -0.39 is 0 Å². The maximum Gasteiger partial charge on any atom is 0.171 e. The Labute approximate surface area is 154 Å². The maximum absolute atomic E-state index is 12.9. The third-order valence-electron chi connectivity index (χ3n) is 3.65. The molecule has 0 saturated carbocycles. The zero-order chi connectivity index (χ0) is 16.1. The number of benzene rings is 2. The van der Waals surface area contributed by atoms with E-state index in [1.165, 1.54) is 0 Å². The van der Waals surface area contributed by atoms with E-state index in [1.807, 2.05) is 66.0 Å². The first-order valence-electron chi connectivity index (χ1n) is 7.50. The van der Waals surface area contributed by atoms with Crippen LogP contribution in [0.3, 0.4) is 0 Å². The molecule has 1 atom stereocenters. The normalized spacial score (nSPS) is 16.7. The van der Waals surface area contributed by atoms with E-state index in [0.29, 0.717) is 4.58 Å². The lowest BCUT2D eigenvalue weighted by atomic mass is 9.98. The second-order valence-electron chi connectivity index (χ2n) is 5.28. The molecule has 1 fully saturated rings. The summed E-state index contributed by atoms with van der Waals surface area (Å²) in [4.78, 5) is 12.9. The number of rotatable bonds is 5. The molecule has 1 heterocycles. The molecule has 1 unspecified atom stereocenters. The molecular formula is C19H17BrOS2. The van der Waals surface area contributed by atoms with Crippen molar-refractivity contribution in [3.8, 4) is 0 Å². The smallest absolute Gasteiger partial charge is 0.171 e. The molecule has 0 N–H and O–H groups in total. The van der Waals surface area contributed by atoms with Crippen molar-refractivity contribution < 1.29 is 4.79 Å². The summed E-state index contributed by atoms with van der Waals surface area (Å²) in [7, 11) is 0. The van der Waals surface area contributed by atoms with Gasteiger partial charge in [0.25, 0.3) is 0 Å². The van der Waals surface area contributed by atoms with Gasteiger partial charge in [0.1, 0.15) is 0 Å². The van der Waals surface area contributed by atoms with Crippen LogP contribution >= 0.6 is 39.5 Å². The van der Waals surface area contributed by atoms with Crippen molar-refractivity contribution in [2.24, 2.45) is 5.92 Å². The van der Waals surface area contributed by atoms with Crippen LogP contribution in [-0.4, -0.2) is 21.9 Å². The number of carbonyl (C=O) groups is 1. The standard InChI is InChI=1S/C19H17BrOS2/c20-16-8-4-5-14(13-16)9-10-17(19-22-11-12-23-19)18(21)15-6-2-1-3-7-15/h1-10,13,17,19H,11-12H2/b10-9+. The largest absolute Gasteiger partial charge is 0.293 e. The first-order valence-corrected chi connectivity index (χ1v) is 10.4. The Morgan fingerprint density at radius 1 is 1.09 bits per heavy atom. The molecule has 1 aliphatic heterocycles. The Balaban J connectivity index is 1.85.